The van der Waals surface area contributed by atoms with Gasteiger partial charge in [-0.3, -0.25) is 4.98 Å². The molecule has 0 saturated carbocycles. The molecule has 0 bridgehead atoms. The van der Waals surface area contributed by atoms with Crippen LogP contribution in [0.15, 0.2) is 42.7 Å². The molecule has 21 heavy (non-hydrogen) atoms. The van der Waals surface area contributed by atoms with E-state index in [0.29, 0.717) is 0 Å². The Morgan fingerprint density at radius 1 is 1.19 bits per heavy atom. The Bertz CT molecular complexity index is 557. The topological polar surface area (TPSA) is 28.2 Å². The normalized spacial score (nSPS) is 10.6. The molecule has 2 aromatic rings. The van der Waals surface area contributed by atoms with Crippen molar-refractivity contribution in [2.75, 3.05) is 25.0 Å². The van der Waals surface area contributed by atoms with Crippen LogP contribution < -0.4 is 10.2 Å². The molecule has 112 valence electrons. The second kappa shape index (κ2) is 8.01. The summed E-state index contributed by atoms with van der Waals surface area (Å²) in [6, 6.07) is 10.2. The van der Waals surface area contributed by atoms with Crippen molar-refractivity contribution in [2.24, 2.45) is 0 Å². The molecule has 0 radical (unpaired) electrons. The summed E-state index contributed by atoms with van der Waals surface area (Å²) in [6.45, 7) is 4.78. The molecule has 1 aromatic heterocycles. The van der Waals surface area contributed by atoms with Gasteiger partial charge in [0, 0.05) is 48.8 Å². The van der Waals surface area contributed by atoms with Crippen LogP contribution in [-0.4, -0.2) is 25.1 Å². The van der Waals surface area contributed by atoms with Gasteiger partial charge in [0.2, 0.25) is 0 Å². The first kappa shape index (κ1) is 15.8. The zero-order chi connectivity index (χ0) is 15.1. The number of hydrogen-bond acceptors (Lipinski definition) is 3. The van der Waals surface area contributed by atoms with E-state index in [1.165, 1.54) is 16.8 Å². The summed E-state index contributed by atoms with van der Waals surface area (Å²) in [5.41, 5.74) is 3.66. The molecule has 0 spiro atoms. The van der Waals surface area contributed by atoms with E-state index in [1.807, 2.05) is 24.5 Å². The molecular weight excluding hydrogens is 282 g/mol. The maximum Gasteiger partial charge on any atom is 0.0471 e. The number of nitrogens with zero attached hydrogens (tertiary/aromatic N) is 2. The lowest BCUT2D eigenvalue weighted by Crippen LogP contribution is -2.23. The van der Waals surface area contributed by atoms with Gasteiger partial charge in [-0.15, -0.1) is 0 Å². The minimum Gasteiger partial charge on any atom is -0.374 e. The van der Waals surface area contributed by atoms with Gasteiger partial charge in [-0.2, -0.15) is 0 Å². The van der Waals surface area contributed by atoms with Crippen LogP contribution in [0, 0.1) is 0 Å². The van der Waals surface area contributed by atoms with E-state index in [1.54, 1.807) is 0 Å². The Kier molecular flexibility index (Phi) is 6.03. The number of nitrogens with one attached hydrogen (secondary N) is 1. The number of hydrogen-bond donors (Lipinski definition) is 1. The lowest BCUT2D eigenvalue weighted by molar-refractivity contribution is 0.723. The molecule has 0 atom stereocenters. The van der Waals surface area contributed by atoms with Crippen molar-refractivity contribution in [2.45, 2.75) is 19.9 Å². The SMILES string of the molecule is CCNCc1c(Cl)cccc1N(C)CCc1ccncc1. The Morgan fingerprint density at radius 3 is 2.67 bits per heavy atom. The highest BCUT2D eigenvalue weighted by Gasteiger charge is 2.10. The molecule has 1 heterocycles. The van der Waals surface area contributed by atoms with E-state index in [0.717, 1.165) is 31.1 Å². The lowest BCUT2D eigenvalue weighted by Gasteiger charge is -2.23. The van der Waals surface area contributed by atoms with Crippen LogP contribution in [-0.2, 0) is 13.0 Å². The Labute approximate surface area is 132 Å². The van der Waals surface area contributed by atoms with Gasteiger partial charge in [0.1, 0.15) is 0 Å². The van der Waals surface area contributed by atoms with E-state index < -0.39 is 0 Å². The van der Waals surface area contributed by atoms with E-state index in [9.17, 15) is 0 Å². The largest absolute Gasteiger partial charge is 0.374 e. The smallest absolute Gasteiger partial charge is 0.0471 e. The van der Waals surface area contributed by atoms with Crippen molar-refractivity contribution in [1.82, 2.24) is 10.3 Å². The number of halogens is 1. The predicted octanol–water partition coefficient (Wildman–Crippen LogP) is 3.52. The average Bonchev–Trinajstić information content (AvgIpc) is 2.52. The van der Waals surface area contributed by atoms with E-state index in [4.69, 9.17) is 11.6 Å². The van der Waals surface area contributed by atoms with Gasteiger partial charge in [0.25, 0.3) is 0 Å². The molecule has 4 heteroatoms. The first-order valence-electron chi connectivity index (χ1n) is 7.30. The molecule has 1 N–H and O–H groups in total. The molecule has 0 aliphatic rings. The molecular formula is C17H22ClN3. The second-order valence-corrected chi connectivity index (χ2v) is 5.45. The number of anilines is 1. The van der Waals surface area contributed by atoms with Crippen molar-refractivity contribution in [3.8, 4) is 0 Å². The zero-order valence-electron chi connectivity index (χ0n) is 12.6. The maximum atomic E-state index is 6.35. The molecule has 0 fully saturated rings. The first-order valence-corrected chi connectivity index (χ1v) is 7.68. The van der Waals surface area contributed by atoms with Crippen LogP contribution in [0.3, 0.4) is 0 Å². The Morgan fingerprint density at radius 2 is 1.95 bits per heavy atom. The molecule has 0 aliphatic heterocycles. The third-order valence-electron chi connectivity index (χ3n) is 3.54. The van der Waals surface area contributed by atoms with Crippen molar-refractivity contribution < 1.29 is 0 Å². The summed E-state index contributed by atoms with van der Waals surface area (Å²) in [4.78, 5) is 6.31. The van der Waals surface area contributed by atoms with Gasteiger partial charge in [-0.05, 0) is 42.8 Å². The van der Waals surface area contributed by atoms with Crippen LogP contribution >= 0.6 is 11.6 Å². The van der Waals surface area contributed by atoms with E-state index in [2.05, 4.69) is 47.4 Å². The van der Waals surface area contributed by atoms with Gasteiger partial charge in [0.05, 0.1) is 0 Å². The van der Waals surface area contributed by atoms with Gasteiger partial charge >= 0.3 is 0 Å². The summed E-state index contributed by atoms with van der Waals surface area (Å²) in [7, 11) is 2.11. The standard InChI is InChI=1S/C17H22ClN3/c1-3-19-13-15-16(18)5-4-6-17(15)21(2)12-9-14-7-10-20-11-8-14/h4-8,10-11,19H,3,9,12-13H2,1-2H3. The third kappa shape index (κ3) is 4.45. The maximum absolute atomic E-state index is 6.35. The molecule has 2 rings (SSSR count). The molecule has 0 amide bonds. The molecule has 0 unspecified atom stereocenters. The van der Waals surface area contributed by atoms with Crippen molar-refractivity contribution >= 4 is 17.3 Å². The predicted molar refractivity (Wildman–Crippen MR) is 90.0 cm³/mol. The molecule has 0 aliphatic carbocycles. The summed E-state index contributed by atoms with van der Waals surface area (Å²) in [6.07, 6.45) is 4.67. The van der Waals surface area contributed by atoms with Gasteiger partial charge in [-0.25, -0.2) is 0 Å². The fourth-order valence-electron chi connectivity index (χ4n) is 2.30. The number of benzene rings is 1. The minimum absolute atomic E-state index is 0.797. The fourth-order valence-corrected chi connectivity index (χ4v) is 2.53. The van der Waals surface area contributed by atoms with Crippen molar-refractivity contribution in [1.29, 1.82) is 0 Å². The van der Waals surface area contributed by atoms with Crippen LogP contribution in [0.2, 0.25) is 5.02 Å². The highest BCUT2D eigenvalue weighted by molar-refractivity contribution is 6.31. The number of rotatable bonds is 7. The quantitative estimate of drug-likeness (QED) is 0.848. The summed E-state index contributed by atoms with van der Waals surface area (Å²) < 4.78 is 0. The van der Waals surface area contributed by atoms with Crippen LogP contribution in [0.25, 0.3) is 0 Å². The van der Waals surface area contributed by atoms with Crippen molar-refractivity contribution in [3.05, 3.63) is 58.9 Å². The Hall–Kier alpha value is -1.58. The summed E-state index contributed by atoms with van der Waals surface area (Å²) in [5, 5.41) is 4.18. The zero-order valence-corrected chi connectivity index (χ0v) is 13.4. The van der Waals surface area contributed by atoms with Crippen LogP contribution in [0.1, 0.15) is 18.1 Å². The van der Waals surface area contributed by atoms with Crippen LogP contribution in [0.5, 0.6) is 0 Å². The fraction of sp³-hybridized carbons (Fsp3) is 0.353. The monoisotopic (exact) mass is 303 g/mol. The van der Waals surface area contributed by atoms with Gasteiger partial charge < -0.3 is 10.2 Å². The van der Waals surface area contributed by atoms with Gasteiger partial charge in [0.15, 0.2) is 0 Å². The second-order valence-electron chi connectivity index (χ2n) is 5.04. The summed E-state index contributed by atoms with van der Waals surface area (Å²) >= 11 is 6.35. The molecule has 0 saturated heterocycles. The lowest BCUT2D eigenvalue weighted by atomic mass is 10.1. The van der Waals surface area contributed by atoms with Gasteiger partial charge in [-0.1, -0.05) is 24.6 Å². The number of aromatic nitrogens is 1. The van der Waals surface area contributed by atoms with E-state index >= 15 is 0 Å². The molecule has 3 nitrogen and oxygen atoms in total. The number of pyridine rings is 1. The van der Waals surface area contributed by atoms with Crippen LogP contribution in [0.4, 0.5) is 5.69 Å². The molecule has 1 aromatic carbocycles. The highest BCUT2D eigenvalue weighted by Crippen LogP contribution is 2.27. The third-order valence-corrected chi connectivity index (χ3v) is 3.90. The minimum atomic E-state index is 0.797. The summed E-state index contributed by atoms with van der Waals surface area (Å²) in [5.74, 6) is 0. The Balaban J connectivity index is 2.07. The number of likely N-dealkylation sites (N-methyl/N-ethyl adjacent to an activating group) is 1. The van der Waals surface area contributed by atoms with Crippen molar-refractivity contribution in [3.63, 3.8) is 0 Å². The first-order chi connectivity index (χ1) is 10.2. The highest BCUT2D eigenvalue weighted by atomic mass is 35.5. The average molecular weight is 304 g/mol. The van der Waals surface area contributed by atoms with E-state index in [-0.39, 0.29) is 0 Å².